The molecule has 0 amide bonds. The van der Waals surface area contributed by atoms with Gasteiger partial charge in [-0.2, -0.15) is 0 Å². The molecule has 2 rings (SSSR count). The zero-order valence-electron chi connectivity index (χ0n) is 12.4. The molecule has 0 radical (unpaired) electrons. The molecule has 0 fully saturated rings. The van der Waals surface area contributed by atoms with E-state index in [0.29, 0.717) is 22.8 Å². The molecule has 0 aliphatic rings. The number of nitro groups is 1. The SMILES string of the molecule is CCCNC(C)c1ncc(-c2ccc(C)c([N+](=O)[O-])c2)o1. The minimum atomic E-state index is -0.387. The van der Waals surface area contributed by atoms with Gasteiger partial charge >= 0.3 is 0 Å². The van der Waals surface area contributed by atoms with E-state index in [2.05, 4.69) is 17.2 Å². The highest BCUT2D eigenvalue weighted by atomic mass is 16.6. The normalized spacial score (nSPS) is 12.3. The van der Waals surface area contributed by atoms with Gasteiger partial charge in [-0.3, -0.25) is 10.1 Å². The number of hydrogen-bond donors (Lipinski definition) is 1. The predicted molar refractivity (Wildman–Crippen MR) is 80.0 cm³/mol. The number of aromatic nitrogens is 1. The monoisotopic (exact) mass is 289 g/mol. The quantitative estimate of drug-likeness (QED) is 0.648. The van der Waals surface area contributed by atoms with E-state index in [1.165, 1.54) is 6.07 Å². The zero-order chi connectivity index (χ0) is 15.4. The number of aryl methyl sites for hydroxylation is 1. The van der Waals surface area contributed by atoms with Crippen LogP contribution in [0.1, 0.15) is 37.8 Å². The van der Waals surface area contributed by atoms with Crippen LogP contribution in [0, 0.1) is 17.0 Å². The maximum absolute atomic E-state index is 11.0. The molecule has 1 N–H and O–H groups in total. The van der Waals surface area contributed by atoms with Crippen LogP contribution in [-0.2, 0) is 0 Å². The van der Waals surface area contributed by atoms with Gasteiger partial charge in [-0.15, -0.1) is 0 Å². The Bertz CT molecular complexity index is 637. The molecule has 1 heterocycles. The third-order valence-corrected chi connectivity index (χ3v) is 3.28. The van der Waals surface area contributed by atoms with Crippen molar-refractivity contribution in [3.63, 3.8) is 0 Å². The molecule has 6 heteroatoms. The van der Waals surface area contributed by atoms with E-state index >= 15 is 0 Å². The number of oxazole rings is 1. The van der Waals surface area contributed by atoms with Gasteiger partial charge in [0.05, 0.1) is 17.2 Å². The van der Waals surface area contributed by atoms with Crippen LogP contribution in [0.4, 0.5) is 5.69 Å². The van der Waals surface area contributed by atoms with Crippen LogP contribution in [0.2, 0.25) is 0 Å². The number of hydrogen-bond acceptors (Lipinski definition) is 5. The van der Waals surface area contributed by atoms with Crippen LogP contribution in [0.15, 0.2) is 28.8 Å². The van der Waals surface area contributed by atoms with Gasteiger partial charge in [0.15, 0.2) is 5.76 Å². The van der Waals surface area contributed by atoms with Crippen LogP contribution in [0.5, 0.6) is 0 Å². The Kier molecular flexibility index (Phi) is 4.70. The van der Waals surface area contributed by atoms with Gasteiger partial charge in [0.25, 0.3) is 5.69 Å². The zero-order valence-corrected chi connectivity index (χ0v) is 12.4. The topological polar surface area (TPSA) is 81.2 Å². The third-order valence-electron chi connectivity index (χ3n) is 3.28. The number of benzene rings is 1. The molecule has 112 valence electrons. The average Bonchev–Trinajstić information content (AvgIpc) is 2.94. The minimum absolute atomic E-state index is 0.0131. The lowest BCUT2D eigenvalue weighted by Crippen LogP contribution is -2.19. The maximum atomic E-state index is 11.0. The second-order valence-electron chi connectivity index (χ2n) is 5.00. The molecule has 0 saturated carbocycles. The van der Waals surface area contributed by atoms with Crippen molar-refractivity contribution < 1.29 is 9.34 Å². The standard InChI is InChI=1S/C15H19N3O3/c1-4-7-16-11(3)15-17-9-14(21-15)12-6-5-10(2)13(8-12)18(19)20/h5-6,8-9,11,16H,4,7H2,1-3H3. The second-order valence-corrected chi connectivity index (χ2v) is 5.00. The molecule has 1 aromatic heterocycles. The summed E-state index contributed by atoms with van der Waals surface area (Å²) in [4.78, 5) is 14.8. The highest BCUT2D eigenvalue weighted by Crippen LogP contribution is 2.28. The Hall–Kier alpha value is -2.21. The molecule has 1 unspecified atom stereocenters. The molecule has 2 aromatic rings. The van der Waals surface area contributed by atoms with Gasteiger partial charge < -0.3 is 9.73 Å². The van der Waals surface area contributed by atoms with Gasteiger partial charge in [-0.1, -0.05) is 19.1 Å². The van der Waals surface area contributed by atoms with Gasteiger partial charge in [-0.25, -0.2) is 4.98 Å². The van der Waals surface area contributed by atoms with E-state index in [1.54, 1.807) is 25.3 Å². The first kappa shape index (κ1) is 15.2. The Labute approximate surface area is 123 Å². The van der Waals surface area contributed by atoms with Crippen molar-refractivity contribution in [2.75, 3.05) is 6.54 Å². The van der Waals surface area contributed by atoms with Gasteiger partial charge in [0, 0.05) is 17.2 Å². The summed E-state index contributed by atoms with van der Waals surface area (Å²) >= 11 is 0. The summed E-state index contributed by atoms with van der Waals surface area (Å²) in [6, 6.07) is 5.05. The van der Waals surface area contributed by atoms with E-state index in [4.69, 9.17) is 4.42 Å². The first-order chi connectivity index (χ1) is 10.0. The Morgan fingerprint density at radius 2 is 2.24 bits per heavy atom. The molecular weight excluding hydrogens is 270 g/mol. The van der Waals surface area contributed by atoms with Gasteiger partial charge in [-0.05, 0) is 26.8 Å². The van der Waals surface area contributed by atoms with Gasteiger partial charge in [0.2, 0.25) is 5.89 Å². The fraction of sp³-hybridized carbons (Fsp3) is 0.400. The number of nitrogens with zero attached hydrogens (tertiary/aromatic N) is 2. The lowest BCUT2D eigenvalue weighted by molar-refractivity contribution is -0.385. The van der Waals surface area contributed by atoms with E-state index in [-0.39, 0.29) is 16.7 Å². The molecule has 1 aromatic carbocycles. The molecular formula is C15H19N3O3. The van der Waals surface area contributed by atoms with Crippen LogP contribution in [0.3, 0.4) is 0 Å². The van der Waals surface area contributed by atoms with Crippen molar-refractivity contribution in [3.05, 3.63) is 46.0 Å². The summed E-state index contributed by atoms with van der Waals surface area (Å²) in [5, 5.41) is 14.3. The Morgan fingerprint density at radius 3 is 2.90 bits per heavy atom. The third kappa shape index (κ3) is 3.46. The summed E-state index contributed by atoms with van der Waals surface area (Å²) in [5.74, 6) is 1.12. The summed E-state index contributed by atoms with van der Waals surface area (Å²) < 4.78 is 5.71. The Morgan fingerprint density at radius 1 is 1.48 bits per heavy atom. The summed E-state index contributed by atoms with van der Waals surface area (Å²) in [5.41, 5.74) is 1.37. The summed E-state index contributed by atoms with van der Waals surface area (Å²) in [6.07, 6.45) is 2.63. The molecule has 0 aliphatic carbocycles. The largest absolute Gasteiger partial charge is 0.439 e. The molecule has 0 bridgehead atoms. The summed E-state index contributed by atoms with van der Waals surface area (Å²) in [7, 11) is 0. The van der Waals surface area contributed by atoms with Crippen LogP contribution < -0.4 is 5.32 Å². The first-order valence-electron chi connectivity index (χ1n) is 6.97. The molecule has 0 spiro atoms. The molecule has 21 heavy (non-hydrogen) atoms. The number of nitrogens with one attached hydrogen (secondary N) is 1. The highest BCUT2D eigenvalue weighted by molar-refractivity contribution is 5.62. The summed E-state index contributed by atoms with van der Waals surface area (Å²) in [6.45, 7) is 6.66. The van der Waals surface area contributed by atoms with E-state index in [1.807, 2.05) is 6.92 Å². The highest BCUT2D eigenvalue weighted by Gasteiger charge is 2.16. The maximum Gasteiger partial charge on any atom is 0.273 e. The van der Waals surface area contributed by atoms with Crippen LogP contribution in [0.25, 0.3) is 11.3 Å². The van der Waals surface area contributed by atoms with E-state index < -0.39 is 0 Å². The van der Waals surface area contributed by atoms with Crippen molar-refractivity contribution in [2.45, 2.75) is 33.2 Å². The van der Waals surface area contributed by atoms with Crippen molar-refractivity contribution in [2.24, 2.45) is 0 Å². The lowest BCUT2D eigenvalue weighted by atomic mass is 10.1. The van der Waals surface area contributed by atoms with Crippen molar-refractivity contribution in [1.29, 1.82) is 0 Å². The molecule has 6 nitrogen and oxygen atoms in total. The van der Waals surface area contributed by atoms with Crippen molar-refractivity contribution >= 4 is 5.69 Å². The fourth-order valence-electron chi connectivity index (χ4n) is 2.03. The average molecular weight is 289 g/mol. The van der Waals surface area contributed by atoms with Crippen molar-refractivity contribution in [1.82, 2.24) is 10.3 Å². The number of rotatable bonds is 6. The van der Waals surface area contributed by atoms with Crippen molar-refractivity contribution in [3.8, 4) is 11.3 Å². The Balaban J connectivity index is 2.25. The molecule has 1 atom stereocenters. The van der Waals surface area contributed by atoms with Crippen LogP contribution in [-0.4, -0.2) is 16.5 Å². The smallest absolute Gasteiger partial charge is 0.273 e. The fourth-order valence-corrected chi connectivity index (χ4v) is 2.03. The van der Waals surface area contributed by atoms with Gasteiger partial charge in [0.1, 0.15) is 0 Å². The minimum Gasteiger partial charge on any atom is -0.439 e. The van der Waals surface area contributed by atoms with Crippen LogP contribution >= 0.6 is 0 Å². The lowest BCUT2D eigenvalue weighted by Gasteiger charge is -2.08. The van der Waals surface area contributed by atoms with E-state index in [9.17, 15) is 10.1 Å². The second kappa shape index (κ2) is 6.49. The number of nitro benzene ring substituents is 1. The van der Waals surface area contributed by atoms with E-state index in [0.717, 1.165) is 13.0 Å². The first-order valence-corrected chi connectivity index (χ1v) is 6.97. The molecule has 0 aliphatic heterocycles. The molecule has 0 saturated heterocycles. The predicted octanol–water partition coefficient (Wildman–Crippen LogP) is 3.62.